The van der Waals surface area contributed by atoms with Crippen molar-refractivity contribution in [3.8, 4) is 0 Å². The molecule has 0 bridgehead atoms. The van der Waals surface area contributed by atoms with E-state index in [2.05, 4.69) is 4.98 Å². The first-order chi connectivity index (χ1) is 7.70. The van der Waals surface area contributed by atoms with Crippen LogP contribution in [0, 0.1) is 12.7 Å². The fraction of sp³-hybridized carbons (Fsp3) is 0.250. The van der Waals surface area contributed by atoms with Crippen molar-refractivity contribution in [2.45, 2.75) is 20.0 Å². The summed E-state index contributed by atoms with van der Waals surface area (Å²) in [5.41, 5.74) is 7.58. The summed E-state index contributed by atoms with van der Waals surface area (Å²) in [7, 11) is 0. The molecule has 1 aromatic carbocycles. The fourth-order valence-electron chi connectivity index (χ4n) is 1.67. The third kappa shape index (κ3) is 2.12. The number of aryl methyl sites for hydroxylation is 1. The third-order valence-electron chi connectivity index (χ3n) is 2.64. The molecular weight excluding hydrogens is 205 g/mol. The first-order valence-corrected chi connectivity index (χ1v) is 5.16. The quantitative estimate of drug-likeness (QED) is 0.856. The molecule has 1 aromatic heterocycles. The fourth-order valence-corrected chi connectivity index (χ4v) is 1.67. The second-order valence-corrected chi connectivity index (χ2v) is 3.75. The molecule has 0 fully saturated rings. The summed E-state index contributed by atoms with van der Waals surface area (Å²) in [4.78, 5) is 4.13. The average Bonchev–Trinajstić information content (AvgIpc) is 2.71. The maximum Gasteiger partial charge on any atom is 0.123 e. The van der Waals surface area contributed by atoms with Gasteiger partial charge in [-0.25, -0.2) is 9.37 Å². The Balaban J connectivity index is 2.30. The largest absolute Gasteiger partial charge is 0.329 e. The van der Waals surface area contributed by atoms with Gasteiger partial charge in [0.15, 0.2) is 0 Å². The van der Waals surface area contributed by atoms with Crippen molar-refractivity contribution in [1.29, 1.82) is 0 Å². The molecule has 0 aliphatic carbocycles. The maximum atomic E-state index is 13.1. The molecule has 0 unspecified atom stereocenters. The van der Waals surface area contributed by atoms with Gasteiger partial charge in [-0.3, -0.25) is 0 Å². The van der Waals surface area contributed by atoms with Crippen LogP contribution >= 0.6 is 0 Å². The van der Waals surface area contributed by atoms with Crippen LogP contribution in [-0.2, 0) is 13.1 Å². The summed E-state index contributed by atoms with van der Waals surface area (Å²) >= 11 is 0. The minimum atomic E-state index is -0.213. The zero-order chi connectivity index (χ0) is 11.5. The molecule has 0 saturated heterocycles. The Morgan fingerprint density at radius 3 is 3.00 bits per heavy atom. The van der Waals surface area contributed by atoms with E-state index in [9.17, 15) is 4.39 Å². The van der Waals surface area contributed by atoms with Gasteiger partial charge in [0, 0.05) is 18.9 Å². The number of hydrogen-bond acceptors (Lipinski definition) is 2. The van der Waals surface area contributed by atoms with Gasteiger partial charge in [0.25, 0.3) is 0 Å². The van der Waals surface area contributed by atoms with Gasteiger partial charge in [-0.2, -0.15) is 0 Å². The number of hydrogen-bond donors (Lipinski definition) is 1. The Kier molecular flexibility index (Phi) is 3.01. The molecule has 0 spiro atoms. The molecule has 16 heavy (non-hydrogen) atoms. The summed E-state index contributed by atoms with van der Waals surface area (Å²) < 4.78 is 15.0. The zero-order valence-electron chi connectivity index (χ0n) is 9.15. The maximum absolute atomic E-state index is 13.1. The third-order valence-corrected chi connectivity index (χ3v) is 2.64. The van der Waals surface area contributed by atoms with Crippen molar-refractivity contribution < 1.29 is 4.39 Å². The summed E-state index contributed by atoms with van der Waals surface area (Å²) in [6.45, 7) is 2.96. The van der Waals surface area contributed by atoms with Gasteiger partial charge in [0.1, 0.15) is 11.6 Å². The molecule has 0 aliphatic rings. The monoisotopic (exact) mass is 219 g/mol. The Morgan fingerprint density at radius 2 is 2.25 bits per heavy atom. The van der Waals surface area contributed by atoms with Crippen molar-refractivity contribution >= 4 is 0 Å². The van der Waals surface area contributed by atoms with E-state index in [4.69, 9.17) is 5.73 Å². The molecule has 0 amide bonds. The number of nitrogens with two attached hydrogens (primary N) is 1. The van der Waals surface area contributed by atoms with E-state index in [1.54, 1.807) is 18.3 Å². The highest BCUT2D eigenvalue weighted by Crippen LogP contribution is 2.12. The molecule has 84 valence electrons. The van der Waals surface area contributed by atoms with Gasteiger partial charge in [-0.1, -0.05) is 6.07 Å². The highest BCUT2D eigenvalue weighted by molar-refractivity contribution is 5.27. The van der Waals surface area contributed by atoms with Crippen LogP contribution in [0.2, 0.25) is 0 Å². The van der Waals surface area contributed by atoms with Gasteiger partial charge < -0.3 is 10.3 Å². The lowest BCUT2D eigenvalue weighted by molar-refractivity contribution is 0.621. The second-order valence-electron chi connectivity index (χ2n) is 3.75. The van der Waals surface area contributed by atoms with Crippen molar-refractivity contribution in [3.05, 3.63) is 53.4 Å². The molecular formula is C12H14FN3. The van der Waals surface area contributed by atoms with Gasteiger partial charge in [0.2, 0.25) is 0 Å². The van der Waals surface area contributed by atoms with E-state index < -0.39 is 0 Å². The lowest BCUT2D eigenvalue weighted by atomic mass is 10.1. The smallest absolute Gasteiger partial charge is 0.123 e. The van der Waals surface area contributed by atoms with Crippen molar-refractivity contribution in [2.24, 2.45) is 5.73 Å². The number of aromatic nitrogens is 2. The van der Waals surface area contributed by atoms with Crippen LogP contribution in [0.4, 0.5) is 4.39 Å². The van der Waals surface area contributed by atoms with E-state index >= 15 is 0 Å². The summed E-state index contributed by atoms with van der Waals surface area (Å²) in [5, 5.41) is 0. The van der Waals surface area contributed by atoms with E-state index in [1.807, 2.05) is 17.7 Å². The molecule has 2 aromatic rings. The van der Waals surface area contributed by atoms with Gasteiger partial charge >= 0.3 is 0 Å². The molecule has 2 rings (SSSR count). The average molecular weight is 219 g/mol. The van der Waals surface area contributed by atoms with E-state index in [0.717, 1.165) is 17.0 Å². The highest BCUT2D eigenvalue weighted by Gasteiger charge is 2.04. The highest BCUT2D eigenvalue weighted by atomic mass is 19.1. The molecule has 0 saturated carbocycles. The number of halogens is 1. The molecule has 0 aliphatic heterocycles. The lowest BCUT2D eigenvalue weighted by Gasteiger charge is -2.09. The molecule has 4 heteroatoms. The second kappa shape index (κ2) is 4.45. The van der Waals surface area contributed by atoms with Crippen LogP contribution in [0.25, 0.3) is 0 Å². The van der Waals surface area contributed by atoms with Gasteiger partial charge in [-0.15, -0.1) is 0 Å². The Hall–Kier alpha value is -1.68. The topological polar surface area (TPSA) is 43.8 Å². The SMILES string of the molecule is Cc1ccc(F)cc1Cn1ccnc1CN. The normalized spacial score (nSPS) is 10.7. The first-order valence-electron chi connectivity index (χ1n) is 5.16. The predicted molar refractivity (Wildman–Crippen MR) is 60.4 cm³/mol. The van der Waals surface area contributed by atoms with Crippen LogP contribution < -0.4 is 5.73 Å². The molecule has 0 atom stereocenters. The van der Waals surface area contributed by atoms with Crippen LogP contribution in [0.15, 0.2) is 30.6 Å². The Bertz CT molecular complexity index is 491. The molecule has 1 heterocycles. The predicted octanol–water partition coefficient (Wildman–Crippen LogP) is 1.84. The van der Waals surface area contributed by atoms with E-state index in [0.29, 0.717) is 13.1 Å². The van der Waals surface area contributed by atoms with Crippen molar-refractivity contribution in [1.82, 2.24) is 9.55 Å². The summed E-state index contributed by atoms with van der Waals surface area (Å²) in [6, 6.07) is 4.80. The number of benzene rings is 1. The van der Waals surface area contributed by atoms with Crippen LogP contribution in [-0.4, -0.2) is 9.55 Å². The standard InChI is InChI=1S/C12H14FN3/c1-9-2-3-11(13)6-10(9)8-16-5-4-15-12(16)7-14/h2-6H,7-8,14H2,1H3. The van der Waals surface area contributed by atoms with Crippen molar-refractivity contribution in [3.63, 3.8) is 0 Å². The Morgan fingerprint density at radius 1 is 1.44 bits per heavy atom. The zero-order valence-corrected chi connectivity index (χ0v) is 9.15. The molecule has 0 radical (unpaired) electrons. The summed E-state index contributed by atoms with van der Waals surface area (Å²) in [6.07, 6.45) is 3.56. The number of nitrogens with zero attached hydrogens (tertiary/aromatic N) is 2. The molecule has 3 nitrogen and oxygen atoms in total. The van der Waals surface area contributed by atoms with E-state index in [1.165, 1.54) is 6.07 Å². The number of rotatable bonds is 3. The van der Waals surface area contributed by atoms with Gasteiger partial charge in [-0.05, 0) is 30.2 Å². The van der Waals surface area contributed by atoms with Crippen molar-refractivity contribution in [2.75, 3.05) is 0 Å². The van der Waals surface area contributed by atoms with E-state index in [-0.39, 0.29) is 5.82 Å². The van der Waals surface area contributed by atoms with Crippen LogP contribution in [0.3, 0.4) is 0 Å². The summed E-state index contributed by atoms with van der Waals surface area (Å²) in [5.74, 6) is 0.596. The Labute approximate surface area is 93.7 Å². The van der Waals surface area contributed by atoms with Gasteiger partial charge in [0.05, 0.1) is 6.54 Å². The lowest BCUT2D eigenvalue weighted by Crippen LogP contribution is -2.09. The van der Waals surface area contributed by atoms with Crippen LogP contribution in [0.1, 0.15) is 17.0 Å². The van der Waals surface area contributed by atoms with Crippen LogP contribution in [0.5, 0.6) is 0 Å². The first kappa shape index (κ1) is 10.8. The minimum Gasteiger partial charge on any atom is -0.329 e. The minimum absolute atomic E-state index is 0.213. The molecule has 2 N–H and O–H groups in total. The number of imidazole rings is 1.